The van der Waals surface area contributed by atoms with Crippen LogP contribution in [0.1, 0.15) is 26.7 Å². The average molecular weight is 283 g/mol. The number of hydrogen-bond acceptors (Lipinski definition) is 4. The van der Waals surface area contributed by atoms with Crippen molar-refractivity contribution in [3.8, 4) is 11.8 Å². The van der Waals surface area contributed by atoms with Crippen LogP contribution in [-0.4, -0.2) is 23.7 Å². The second-order valence-electron chi connectivity index (χ2n) is 5.28. The van der Waals surface area contributed by atoms with Crippen LogP contribution in [0.2, 0.25) is 0 Å². The van der Waals surface area contributed by atoms with E-state index in [-0.39, 0.29) is 0 Å². The zero-order valence-electron chi connectivity index (χ0n) is 12.6. The van der Waals surface area contributed by atoms with E-state index in [1.54, 1.807) is 6.20 Å². The number of benzene rings is 1. The second-order valence-corrected chi connectivity index (χ2v) is 5.28. The minimum Gasteiger partial charge on any atom is -0.494 e. The standard InChI is InChI=1S/C17H21N3O/c1-3-20-17(2,13-18)9-5-11-21-15-8-7-14-6-4-10-19-16(14)12-15/h4,6-8,10,12,20H,3,5,9,11H2,1-2H3. The molecule has 1 heterocycles. The Bertz CT molecular complexity index is 635. The monoisotopic (exact) mass is 283 g/mol. The minimum atomic E-state index is -0.469. The van der Waals surface area contributed by atoms with Gasteiger partial charge in [0.1, 0.15) is 11.3 Å². The quantitative estimate of drug-likeness (QED) is 0.792. The van der Waals surface area contributed by atoms with Crippen LogP contribution in [0.5, 0.6) is 5.75 Å². The van der Waals surface area contributed by atoms with E-state index in [1.165, 1.54) is 0 Å². The van der Waals surface area contributed by atoms with E-state index >= 15 is 0 Å². The van der Waals surface area contributed by atoms with Gasteiger partial charge in [0.15, 0.2) is 0 Å². The summed E-state index contributed by atoms with van der Waals surface area (Å²) in [5.41, 5.74) is 0.466. The predicted molar refractivity (Wildman–Crippen MR) is 84.2 cm³/mol. The first-order valence-corrected chi connectivity index (χ1v) is 7.31. The molecule has 0 fully saturated rings. The summed E-state index contributed by atoms with van der Waals surface area (Å²) in [6.45, 7) is 5.33. The van der Waals surface area contributed by atoms with Crippen molar-refractivity contribution in [1.82, 2.24) is 10.3 Å². The number of pyridine rings is 1. The first-order valence-electron chi connectivity index (χ1n) is 7.31. The summed E-state index contributed by atoms with van der Waals surface area (Å²) in [6.07, 6.45) is 3.38. The smallest absolute Gasteiger partial charge is 0.121 e. The molecule has 0 aliphatic rings. The highest BCUT2D eigenvalue weighted by Gasteiger charge is 2.21. The Morgan fingerprint density at radius 1 is 1.38 bits per heavy atom. The first kappa shape index (κ1) is 15.3. The van der Waals surface area contributed by atoms with Crippen LogP contribution in [0.25, 0.3) is 10.9 Å². The second kappa shape index (κ2) is 7.05. The molecule has 1 N–H and O–H groups in total. The Labute approximate surface area is 125 Å². The predicted octanol–water partition coefficient (Wildman–Crippen LogP) is 3.29. The van der Waals surface area contributed by atoms with Gasteiger partial charge in [0.2, 0.25) is 0 Å². The highest BCUT2D eigenvalue weighted by molar-refractivity contribution is 5.79. The largest absolute Gasteiger partial charge is 0.494 e. The van der Waals surface area contributed by atoms with Gasteiger partial charge in [-0.15, -0.1) is 0 Å². The Hall–Kier alpha value is -2.12. The molecule has 0 radical (unpaired) electrons. The number of nitrogens with zero attached hydrogens (tertiary/aromatic N) is 2. The Morgan fingerprint density at radius 2 is 2.24 bits per heavy atom. The summed E-state index contributed by atoms with van der Waals surface area (Å²) in [6, 6.07) is 12.2. The lowest BCUT2D eigenvalue weighted by molar-refractivity contribution is 0.286. The summed E-state index contributed by atoms with van der Waals surface area (Å²) in [5.74, 6) is 0.823. The van der Waals surface area contributed by atoms with Gasteiger partial charge < -0.3 is 4.74 Å². The first-order chi connectivity index (χ1) is 10.2. The molecule has 4 heteroatoms. The topological polar surface area (TPSA) is 57.9 Å². The molecule has 0 amide bonds. The fraction of sp³-hybridized carbons (Fsp3) is 0.412. The molecule has 0 saturated heterocycles. The molecular formula is C17H21N3O. The molecule has 0 aliphatic heterocycles. The molecule has 0 spiro atoms. The fourth-order valence-corrected chi connectivity index (χ4v) is 2.33. The number of aromatic nitrogens is 1. The van der Waals surface area contributed by atoms with Crippen molar-refractivity contribution in [3.63, 3.8) is 0 Å². The third-order valence-electron chi connectivity index (χ3n) is 3.48. The van der Waals surface area contributed by atoms with Gasteiger partial charge in [0.25, 0.3) is 0 Å². The molecule has 1 unspecified atom stereocenters. The van der Waals surface area contributed by atoms with Gasteiger partial charge in [-0.3, -0.25) is 10.3 Å². The Balaban J connectivity index is 1.86. The van der Waals surface area contributed by atoms with Crippen molar-refractivity contribution in [2.24, 2.45) is 0 Å². The van der Waals surface area contributed by atoms with Gasteiger partial charge >= 0.3 is 0 Å². The summed E-state index contributed by atoms with van der Waals surface area (Å²) >= 11 is 0. The summed E-state index contributed by atoms with van der Waals surface area (Å²) in [7, 11) is 0. The van der Waals surface area contributed by atoms with Gasteiger partial charge in [-0.1, -0.05) is 13.0 Å². The highest BCUT2D eigenvalue weighted by Crippen LogP contribution is 2.19. The summed E-state index contributed by atoms with van der Waals surface area (Å²) in [4.78, 5) is 4.31. The average Bonchev–Trinajstić information content (AvgIpc) is 2.52. The third kappa shape index (κ3) is 4.17. The van der Waals surface area contributed by atoms with E-state index in [1.807, 2.05) is 44.2 Å². The normalized spacial score (nSPS) is 13.6. The van der Waals surface area contributed by atoms with Gasteiger partial charge in [-0.25, -0.2) is 0 Å². The lowest BCUT2D eigenvalue weighted by Gasteiger charge is -2.22. The van der Waals surface area contributed by atoms with Gasteiger partial charge in [-0.05, 0) is 44.5 Å². The molecule has 1 aromatic carbocycles. The van der Waals surface area contributed by atoms with E-state index in [0.29, 0.717) is 6.61 Å². The molecule has 1 atom stereocenters. The molecule has 1 aromatic heterocycles. The van der Waals surface area contributed by atoms with Crippen molar-refractivity contribution in [2.45, 2.75) is 32.2 Å². The van der Waals surface area contributed by atoms with E-state index in [2.05, 4.69) is 16.4 Å². The zero-order valence-corrected chi connectivity index (χ0v) is 12.6. The number of nitrogens with one attached hydrogen (secondary N) is 1. The van der Waals surface area contributed by atoms with Crippen LogP contribution in [0, 0.1) is 11.3 Å². The van der Waals surface area contributed by atoms with Crippen LogP contribution >= 0.6 is 0 Å². The maximum absolute atomic E-state index is 9.19. The van der Waals surface area contributed by atoms with Crippen molar-refractivity contribution < 1.29 is 4.74 Å². The number of hydrogen-bond donors (Lipinski definition) is 1. The number of rotatable bonds is 7. The lowest BCUT2D eigenvalue weighted by Crippen LogP contribution is -2.40. The maximum atomic E-state index is 9.19. The summed E-state index contributed by atoms with van der Waals surface area (Å²) < 4.78 is 5.75. The van der Waals surface area contributed by atoms with Crippen molar-refractivity contribution in [2.75, 3.05) is 13.2 Å². The molecule has 0 bridgehead atoms. The molecular weight excluding hydrogens is 262 g/mol. The molecule has 110 valence electrons. The van der Waals surface area contributed by atoms with Crippen molar-refractivity contribution in [3.05, 3.63) is 36.5 Å². The van der Waals surface area contributed by atoms with E-state index in [4.69, 9.17) is 4.74 Å². The van der Waals surface area contributed by atoms with E-state index < -0.39 is 5.54 Å². The van der Waals surface area contributed by atoms with Crippen LogP contribution in [0.4, 0.5) is 0 Å². The molecule has 4 nitrogen and oxygen atoms in total. The minimum absolute atomic E-state index is 0.469. The molecule has 0 saturated carbocycles. The third-order valence-corrected chi connectivity index (χ3v) is 3.48. The Morgan fingerprint density at radius 3 is 3.00 bits per heavy atom. The van der Waals surface area contributed by atoms with Crippen LogP contribution in [-0.2, 0) is 0 Å². The molecule has 2 rings (SSSR count). The van der Waals surface area contributed by atoms with Gasteiger partial charge in [0.05, 0.1) is 18.2 Å². The zero-order chi connectivity index (χ0) is 15.1. The number of nitriles is 1. The highest BCUT2D eigenvalue weighted by atomic mass is 16.5. The molecule has 0 aliphatic carbocycles. The lowest BCUT2D eigenvalue weighted by atomic mass is 9.98. The van der Waals surface area contributed by atoms with Crippen LogP contribution in [0.15, 0.2) is 36.5 Å². The van der Waals surface area contributed by atoms with Gasteiger partial charge in [0, 0.05) is 17.6 Å². The summed E-state index contributed by atoms with van der Waals surface area (Å²) in [5, 5.41) is 13.5. The number of ether oxygens (including phenoxy) is 1. The SMILES string of the molecule is CCNC(C)(C#N)CCCOc1ccc2cccnc2c1. The van der Waals surface area contributed by atoms with Crippen LogP contribution < -0.4 is 10.1 Å². The van der Waals surface area contributed by atoms with Crippen molar-refractivity contribution >= 4 is 10.9 Å². The number of fused-ring (bicyclic) bond motifs is 1. The van der Waals surface area contributed by atoms with Crippen LogP contribution in [0.3, 0.4) is 0 Å². The maximum Gasteiger partial charge on any atom is 0.121 e. The van der Waals surface area contributed by atoms with E-state index in [0.717, 1.165) is 36.0 Å². The van der Waals surface area contributed by atoms with Gasteiger partial charge in [-0.2, -0.15) is 5.26 Å². The Kier molecular flexibility index (Phi) is 5.13. The van der Waals surface area contributed by atoms with E-state index in [9.17, 15) is 5.26 Å². The fourth-order valence-electron chi connectivity index (χ4n) is 2.33. The molecule has 21 heavy (non-hydrogen) atoms. The molecule has 2 aromatic rings. The van der Waals surface area contributed by atoms with Crippen molar-refractivity contribution in [1.29, 1.82) is 5.26 Å².